The predicted molar refractivity (Wildman–Crippen MR) is 362 cm³/mol. The molecule has 0 saturated heterocycles. The molecular weight excluding hydrogens is 1020 g/mol. The van der Waals surface area contributed by atoms with Crippen LogP contribution in [0.15, 0.2) is 109 Å². The fourth-order valence-electron chi connectivity index (χ4n) is 10.0. The molecule has 83 heavy (non-hydrogen) atoms. The van der Waals surface area contributed by atoms with Crippen LogP contribution in [-0.2, 0) is 28.6 Å². The molecule has 0 spiro atoms. The molecule has 0 heterocycles. The molecule has 6 heteroatoms. The molecule has 0 aliphatic carbocycles. The van der Waals surface area contributed by atoms with Crippen LogP contribution in [0.2, 0.25) is 0 Å². The van der Waals surface area contributed by atoms with E-state index in [1.165, 1.54) is 173 Å². The van der Waals surface area contributed by atoms with Gasteiger partial charge in [0.25, 0.3) is 0 Å². The third-order valence-corrected chi connectivity index (χ3v) is 15.2. The minimum Gasteiger partial charge on any atom is -0.462 e. The molecule has 0 rings (SSSR count). The van der Waals surface area contributed by atoms with Gasteiger partial charge in [-0.05, 0) is 122 Å². The van der Waals surface area contributed by atoms with Gasteiger partial charge in [0.1, 0.15) is 13.2 Å². The molecule has 1 unspecified atom stereocenters. The summed E-state index contributed by atoms with van der Waals surface area (Å²) in [5, 5.41) is 0. The molecule has 0 aliphatic rings. The Morgan fingerprint density at radius 1 is 0.253 bits per heavy atom. The summed E-state index contributed by atoms with van der Waals surface area (Å²) in [4.78, 5) is 38.4. The van der Waals surface area contributed by atoms with Gasteiger partial charge in [-0.25, -0.2) is 0 Å². The van der Waals surface area contributed by atoms with Crippen molar-refractivity contribution >= 4 is 17.9 Å². The van der Waals surface area contributed by atoms with E-state index in [1.54, 1.807) is 0 Å². The number of ether oxygens (including phenoxy) is 3. The highest BCUT2D eigenvalue weighted by Crippen LogP contribution is 2.17. The first kappa shape index (κ1) is 79.1. The summed E-state index contributed by atoms with van der Waals surface area (Å²) in [6.07, 6.45) is 96.9. The van der Waals surface area contributed by atoms with Gasteiger partial charge in [0.05, 0.1) is 0 Å². The number of hydrogen-bond acceptors (Lipinski definition) is 6. The van der Waals surface area contributed by atoms with E-state index in [9.17, 15) is 14.4 Å². The molecule has 1 atom stereocenters. The summed E-state index contributed by atoms with van der Waals surface area (Å²) in [5.41, 5.74) is 0. The quantitative estimate of drug-likeness (QED) is 0.0261. The number of carbonyl (C=O) groups excluding carboxylic acids is 3. The smallest absolute Gasteiger partial charge is 0.306 e. The van der Waals surface area contributed by atoms with Gasteiger partial charge < -0.3 is 14.2 Å². The standard InChI is InChI=1S/C77H132O6/c1-4-7-10-13-16-19-22-25-28-30-31-32-33-34-35-36-37-38-39-40-41-42-43-44-45-47-49-52-55-58-61-64-67-70-76(79)82-73-74(72-81-75(78)69-66-63-60-57-54-51-48-27-24-21-18-15-12-9-6-3)83-77(80)71-68-65-62-59-56-53-50-46-29-26-23-20-17-14-11-8-5-2/h7,9-10,12,16,18-19,21,25-29,31-32,34-35,48,74H,4-6,8,11,13-15,17,20,22-24,30,33,36-47,49-73H2,1-3H3/b10-7-,12-9-,19-16-,21-18-,28-25-,29-26-,32-31-,35-34-,48-27-. The maximum absolute atomic E-state index is 12.9. The summed E-state index contributed by atoms with van der Waals surface area (Å²) in [7, 11) is 0. The van der Waals surface area contributed by atoms with Gasteiger partial charge in [-0.15, -0.1) is 0 Å². The number of allylic oxidation sites excluding steroid dienone is 18. The Balaban J connectivity index is 4.21. The van der Waals surface area contributed by atoms with E-state index in [4.69, 9.17) is 14.2 Å². The Kier molecular flexibility index (Phi) is 67.2. The number of unbranched alkanes of at least 4 members (excludes halogenated alkanes) is 35. The van der Waals surface area contributed by atoms with Crippen LogP contribution in [0.4, 0.5) is 0 Å². The van der Waals surface area contributed by atoms with Gasteiger partial charge >= 0.3 is 17.9 Å². The van der Waals surface area contributed by atoms with Crippen LogP contribution in [0.1, 0.15) is 342 Å². The lowest BCUT2D eigenvalue weighted by Crippen LogP contribution is -2.30. The largest absolute Gasteiger partial charge is 0.462 e. The Bertz CT molecular complexity index is 1660. The van der Waals surface area contributed by atoms with Gasteiger partial charge in [-0.3, -0.25) is 14.4 Å². The number of hydrogen-bond donors (Lipinski definition) is 0. The zero-order chi connectivity index (χ0) is 59.9. The second-order valence-corrected chi connectivity index (χ2v) is 23.4. The highest BCUT2D eigenvalue weighted by Gasteiger charge is 2.19. The van der Waals surface area contributed by atoms with Crippen LogP contribution in [0.5, 0.6) is 0 Å². The topological polar surface area (TPSA) is 78.9 Å². The van der Waals surface area contributed by atoms with E-state index < -0.39 is 6.10 Å². The molecule has 0 aromatic carbocycles. The second-order valence-electron chi connectivity index (χ2n) is 23.4. The molecule has 0 fully saturated rings. The Labute approximate surface area is 514 Å². The summed E-state index contributed by atoms with van der Waals surface area (Å²) < 4.78 is 17.0. The van der Waals surface area contributed by atoms with Gasteiger partial charge in [-0.2, -0.15) is 0 Å². The summed E-state index contributed by atoms with van der Waals surface area (Å²) >= 11 is 0. The van der Waals surface area contributed by atoms with Gasteiger partial charge in [0.2, 0.25) is 0 Å². The van der Waals surface area contributed by atoms with E-state index in [-0.39, 0.29) is 31.1 Å². The first-order chi connectivity index (χ1) is 41.0. The van der Waals surface area contributed by atoms with Crippen molar-refractivity contribution in [1.29, 1.82) is 0 Å². The fourth-order valence-corrected chi connectivity index (χ4v) is 10.0. The van der Waals surface area contributed by atoms with Crippen LogP contribution in [0, 0.1) is 0 Å². The van der Waals surface area contributed by atoms with Gasteiger partial charge in [-0.1, -0.05) is 310 Å². The lowest BCUT2D eigenvalue weighted by atomic mass is 10.0. The summed E-state index contributed by atoms with van der Waals surface area (Å²) in [6, 6.07) is 0. The van der Waals surface area contributed by atoms with E-state index in [1.807, 2.05) is 0 Å². The van der Waals surface area contributed by atoms with Crippen LogP contribution in [0.3, 0.4) is 0 Å². The molecule has 0 amide bonds. The minimum absolute atomic E-state index is 0.0827. The average molecular weight is 1150 g/mol. The lowest BCUT2D eigenvalue weighted by molar-refractivity contribution is -0.167. The number of rotatable bonds is 64. The average Bonchev–Trinajstić information content (AvgIpc) is 3.49. The summed E-state index contributed by atoms with van der Waals surface area (Å²) in [6.45, 7) is 6.43. The molecule has 0 aromatic heterocycles. The van der Waals surface area contributed by atoms with Crippen molar-refractivity contribution in [1.82, 2.24) is 0 Å². The highest BCUT2D eigenvalue weighted by molar-refractivity contribution is 5.71. The molecule has 0 bridgehead atoms. The van der Waals surface area contributed by atoms with Crippen molar-refractivity contribution in [2.75, 3.05) is 13.2 Å². The molecule has 0 aliphatic heterocycles. The van der Waals surface area contributed by atoms with Crippen molar-refractivity contribution in [2.24, 2.45) is 0 Å². The van der Waals surface area contributed by atoms with Crippen molar-refractivity contribution in [3.05, 3.63) is 109 Å². The molecule has 0 N–H and O–H groups in total. The zero-order valence-electron chi connectivity index (χ0n) is 54.7. The third-order valence-electron chi connectivity index (χ3n) is 15.2. The van der Waals surface area contributed by atoms with E-state index in [2.05, 4.69) is 130 Å². The van der Waals surface area contributed by atoms with Crippen LogP contribution < -0.4 is 0 Å². The molecule has 6 nitrogen and oxygen atoms in total. The van der Waals surface area contributed by atoms with Crippen molar-refractivity contribution < 1.29 is 28.6 Å². The van der Waals surface area contributed by atoms with Gasteiger partial charge in [0, 0.05) is 19.3 Å². The fraction of sp³-hybridized carbons (Fsp3) is 0.727. The minimum atomic E-state index is -0.788. The molecule has 476 valence electrons. The monoisotopic (exact) mass is 1150 g/mol. The second kappa shape index (κ2) is 70.6. The predicted octanol–water partition coefficient (Wildman–Crippen LogP) is 24.6. The van der Waals surface area contributed by atoms with E-state index in [0.29, 0.717) is 19.3 Å². The highest BCUT2D eigenvalue weighted by atomic mass is 16.6. The zero-order valence-corrected chi connectivity index (χ0v) is 54.7. The normalized spacial score (nSPS) is 12.8. The van der Waals surface area contributed by atoms with Gasteiger partial charge in [0.15, 0.2) is 6.10 Å². The number of esters is 3. The molecule has 0 saturated carbocycles. The maximum Gasteiger partial charge on any atom is 0.306 e. The van der Waals surface area contributed by atoms with Crippen LogP contribution in [0.25, 0.3) is 0 Å². The maximum atomic E-state index is 12.9. The number of carbonyl (C=O) groups is 3. The van der Waals surface area contributed by atoms with Crippen LogP contribution >= 0.6 is 0 Å². The first-order valence-corrected chi connectivity index (χ1v) is 35.4. The lowest BCUT2D eigenvalue weighted by Gasteiger charge is -2.18. The first-order valence-electron chi connectivity index (χ1n) is 35.4. The molecular formula is C77H132O6. The SMILES string of the molecule is CC/C=C\C/C=C\C/C=C\C/C=C\C/C=C\CCCCCCCCCCCCCCCCCCCC(=O)OCC(COC(=O)CCCCCCC/C=C\C/C=C\C/C=C\CC)OC(=O)CCCCCCCCC/C=C\CCCCCCCC. The summed E-state index contributed by atoms with van der Waals surface area (Å²) in [5.74, 6) is -0.890. The van der Waals surface area contributed by atoms with Crippen LogP contribution in [-0.4, -0.2) is 37.2 Å². The van der Waals surface area contributed by atoms with Crippen molar-refractivity contribution in [3.8, 4) is 0 Å². The third kappa shape index (κ3) is 68.7. The van der Waals surface area contributed by atoms with E-state index >= 15 is 0 Å². The Hall–Kier alpha value is -3.93. The van der Waals surface area contributed by atoms with Crippen molar-refractivity contribution in [2.45, 2.75) is 348 Å². The molecule has 0 aromatic rings. The molecule has 0 radical (unpaired) electrons. The van der Waals surface area contributed by atoms with E-state index in [0.717, 1.165) is 128 Å². The Morgan fingerprint density at radius 3 is 0.747 bits per heavy atom. The Morgan fingerprint density at radius 2 is 0.470 bits per heavy atom. The van der Waals surface area contributed by atoms with Crippen molar-refractivity contribution in [3.63, 3.8) is 0 Å².